The van der Waals surface area contributed by atoms with Crippen LogP contribution in [0.3, 0.4) is 0 Å². The third kappa shape index (κ3) is 6.64. The molecule has 0 aromatic heterocycles. The molecule has 0 aliphatic carbocycles. The van der Waals surface area contributed by atoms with Crippen LogP contribution in [0.15, 0.2) is 53.6 Å². The Bertz CT molecular complexity index is 743. The SMILES string of the molecule is COc1ccc(/C=N/NC(=O)CCC(=O)Nc2ccc(Cl)cc2)cc1. The van der Waals surface area contributed by atoms with E-state index < -0.39 is 0 Å². The van der Waals surface area contributed by atoms with Crippen molar-refractivity contribution in [3.8, 4) is 5.75 Å². The van der Waals surface area contributed by atoms with Gasteiger partial charge in [-0.05, 0) is 54.1 Å². The van der Waals surface area contributed by atoms with Gasteiger partial charge in [0.1, 0.15) is 5.75 Å². The van der Waals surface area contributed by atoms with E-state index in [9.17, 15) is 9.59 Å². The van der Waals surface area contributed by atoms with Gasteiger partial charge < -0.3 is 10.1 Å². The van der Waals surface area contributed by atoms with E-state index in [1.165, 1.54) is 6.21 Å². The van der Waals surface area contributed by atoms with Gasteiger partial charge in [0.15, 0.2) is 0 Å². The molecule has 0 bridgehead atoms. The van der Waals surface area contributed by atoms with Crippen LogP contribution < -0.4 is 15.5 Å². The first-order valence-electron chi connectivity index (χ1n) is 7.58. The molecule has 25 heavy (non-hydrogen) atoms. The van der Waals surface area contributed by atoms with Crippen molar-refractivity contribution in [1.82, 2.24) is 5.43 Å². The van der Waals surface area contributed by atoms with E-state index in [1.807, 2.05) is 12.1 Å². The van der Waals surface area contributed by atoms with Crippen molar-refractivity contribution >= 4 is 35.3 Å². The molecular formula is C18H18ClN3O3. The van der Waals surface area contributed by atoms with Crippen LogP contribution in [0.5, 0.6) is 5.75 Å². The van der Waals surface area contributed by atoms with Gasteiger partial charge in [0, 0.05) is 23.6 Å². The molecule has 0 atom stereocenters. The largest absolute Gasteiger partial charge is 0.497 e. The van der Waals surface area contributed by atoms with E-state index in [0.717, 1.165) is 11.3 Å². The summed E-state index contributed by atoms with van der Waals surface area (Å²) in [7, 11) is 1.59. The van der Waals surface area contributed by atoms with Crippen LogP contribution in [0, 0.1) is 0 Å². The van der Waals surface area contributed by atoms with Gasteiger partial charge in [0.2, 0.25) is 11.8 Å². The lowest BCUT2D eigenvalue weighted by Crippen LogP contribution is -2.20. The molecule has 0 radical (unpaired) electrons. The molecule has 0 aliphatic rings. The fourth-order valence-corrected chi connectivity index (χ4v) is 2.03. The third-order valence-electron chi connectivity index (χ3n) is 3.23. The zero-order chi connectivity index (χ0) is 18.1. The second-order valence-corrected chi connectivity index (χ2v) is 5.56. The highest BCUT2D eigenvalue weighted by molar-refractivity contribution is 6.30. The van der Waals surface area contributed by atoms with Gasteiger partial charge in [0.05, 0.1) is 13.3 Å². The van der Waals surface area contributed by atoms with E-state index in [2.05, 4.69) is 15.8 Å². The van der Waals surface area contributed by atoms with Crippen LogP contribution in [-0.2, 0) is 9.59 Å². The second kappa shape index (κ2) is 9.44. The fraction of sp³-hybridized carbons (Fsp3) is 0.167. The molecule has 0 saturated heterocycles. The lowest BCUT2D eigenvalue weighted by atomic mass is 10.2. The summed E-state index contributed by atoms with van der Waals surface area (Å²) in [6.07, 6.45) is 1.62. The summed E-state index contributed by atoms with van der Waals surface area (Å²) in [5, 5.41) is 7.14. The molecule has 2 aromatic rings. The molecule has 0 fully saturated rings. The van der Waals surface area contributed by atoms with E-state index in [4.69, 9.17) is 16.3 Å². The van der Waals surface area contributed by atoms with Gasteiger partial charge in [-0.1, -0.05) is 11.6 Å². The average Bonchev–Trinajstić information content (AvgIpc) is 2.62. The van der Waals surface area contributed by atoms with Gasteiger partial charge >= 0.3 is 0 Å². The maximum Gasteiger partial charge on any atom is 0.240 e. The Hall–Kier alpha value is -2.86. The zero-order valence-electron chi connectivity index (χ0n) is 13.7. The van der Waals surface area contributed by atoms with Gasteiger partial charge in [-0.3, -0.25) is 9.59 Å². The number of rotatable bonds is 7. The monoisotopic (exact) mass is 359 g/mol. The smallest absolute Gasteiger partial charge is 0.240 e. The van der Waals surface area contributed by atoms with Crippen LogP contribution in [0.1, 0.15) is 18.4 Å². The highest BCUT2D eigenvalue weighted by atomic mass is 35.5. The molecule has 2 rings (SSSR count). The Morgan fingerprint density at radius 1 is 1.04 bits per heavy atom. The maximum atomic E-state index is 11.8. The number of hydrazone groups is 1. The molecule has 2 amide bonds. The minimum absolute atomic E-state index is 0.0410. The van der Waals surface area contributed by atoms with Crippen molar-refractivity contribution in [1.29, 1.82) is 0 Å². The molecular weight excluding hydrogens is 342 g/mol. The highest BCUT2D eigenvalue weighted by Gasteiger charge is 2.06. The number of ether oxygens (including phenoxy) is 1. The summed E-state index contributed by atoms with van der Waals surface area (Å²) >= 11 is 5.77. The lowest BCUT2D eigenvalue weighted by Gasteiger charge is -2.04. The van der Waals surface area contributed by atoms with Gasteiger partial charge in [0.25, 0.3) is 0 Å². The molecule has 7 heteroatoms. The minimum atomic E-state index is -0.337. The number of carbonyl (C=O) groups is 2. The summed E-state index contributed by atoms with van der Waals surface area (Å²) in [6, 6.07) is 14.0. The Morgan fingerprint density at radius 2 is 1.68 bits per heavy atom. The predicted molar refractivity (Wildman–Crippen MR) is 98.0 cm³/mol. The van der Waals surface area contributed by atoms with Crippen molar-refractivity contribution in [2.24, 2.45) is 5.10 Å². The molecule has 130 valence electrons. The summed E-state index contributed by atoms with van der Waals surface area (Å²) in [4.78, 5) is 23.5. The van der Waals surface area contributed by atoms with Gasteiger partial charge in [-0.15, -0.1) is 0 Å². The number of methoxy groups -OCH3 is 1. The lowest BCUT2D eigenvalue weighted by molar-refractivity contribution is -0.124. The number of benzene rings is 2. The molecule has 2 aromatic carbocycles. The number of amides is 2. The average molecular weight is 360 g/mol. The van der Waals surface area contributed by atoms with Crippen LogP contribution in [0.2, 0.25) is 5.02 Å². The number of halogens is 1. The number of hydrogen-bond donors (Lipinski definition) is 2. The molecule has 0 spiro atoms. The van der Waals surface area contributed by atoms with Crippen LogP contribution in [-0.4, -0.2) is 25.1 Å². The summed E-state index contributed by atoms with van der Waals surface area (Å²) in [5.41, 5.74) is 3.84. The summed E-state index contributed by atoms with van der Waals surface area (Å²) in [6.45, 7) is 0. The first-order valence-corrected chi connectivity index (χ1v) is 7.96. The van der Waals surface area contributed by atoms with E-state index >= 15 is 0 Å². The highest BCUT2D eigenvalue weighted by Crippen LogP contribution is 2.13. The van der Waals surface area contributed by atoms with Crippen molar-refractivity contribution < 1.29 is 14.3 Å². The summed E-state index contributed by atoms with van der Waals surface area (Å²) < 4.78 is 5.06. The standard InChI is InChI=1S/C18H18ClN3O3/c1-25-16-8-2-13(3-9-16)12-20-22-18(24)11-10-17(23)21-15-6-4-14(19)5-7-15/h2-9,12H,10-11H2,1H3,(H,21,23)(H,22,24)/b20-12+. The Labute approximate surface area is 150 Å². The Kier molecular flexibility index (Phi) is 6.98. The first kappa shape index (κ1) is 18.5. The molecule has 0 unspecified atom stereocenters. The topological polar surface area (TPSA) is 79.8 Å². The second-order valence-electron chi connectivity index (χ2n) is 5.12. The normalized spacial score (nSPS) is 10.5. The number of hydrogen-bond acceptors (Lipinski definition) is 4. The quantitative estimate of drug-likeness (QED) is 0.588. The number of carbonyl (C=O) groups excluding carboxylic acids is 2. The first-order chi connectivity index (χ1) is 12.1. The Morgan fingerprint density at radius 3 is 2.32 bits per heavy atom. The van der Waals surface area contributed by atoms with E-state index in [0.29, 0.717) is 10.7 Å². The predicted octanol–water partition coefficient (Wildman–Crippen LogP) is 3.22. The fourth-order valence-electron chi connectivity index (χ4n) is 1.91. The maximum absolute atomic E-state index is 11.8. The molecule has 0 heterocycles. The third-order valence-corrected chi connectivity index (χ3v) is 3.48. The summed E-state index contributed by atoms with van der Waals surface area (Å²) in [5.74, 6) is 0.153. The minimum Gasteiger partial charge on any atom is -0.497 e. The number of nitrogens with one attached hydrogen (secondary N) is 2. The van der Waals surface area contributed by atoms with Crippen LogP contribution in [0.4, 0.5) is 5.69 Å². The van der Waals surface area contributed by atoms with Gasteiger partial charge in [-0.2, -0.15) is 5.10 Å². The molecule has 6 nitrogen and oxygen atoms in total. The molecule has 2 N–H and O–H groups in total. The van der Waals surface area contributed by atoms with E-state index in [1.54, 1.807) is 43.5 Å². The van der Waals surface area contributed by atoms with Crippen LogP contribution in [0.25, 0.3) is 0 Å². The number of nitrogens with zero attached hydrogens (tertiary/aromatic N) is 1. The van der Waals surface area contributed by atoms with Crippen molar-refractivity contribution in [2.75, 3.05) is 12.4 Å². The van der Waals surface area contributed by atoms with Crippen molar-refractivity contribution in [3.63, 3.8) is 0 Å². The van der Waals surface area contributed by atoms with Crippen molar-refractivity contribution in [2.45, 2.75) is 12.8 Å². The molecule has 0 saturated carbocycles. The van der Waals surface area contributed by atoms with Gasteiger partial charge in [-0.25, -0.2) is 5.43 Å². The Balaban J connectivity index is 1.71. The van der Waals surface area contributed by atoms with E-state index in [-0.39, 0.29) is 24.7 Å². The number of anilines is 1. The van der Waals surface area contributed by atoms with Crippen molar-refractivity contribution in [3.05, 3.63) is 59.1 Å². The zero-order valence-corrected chi connectivity index (χ0v) is 14.4. The van der Waals surface area contributed by atoms with Crippen LogP contribution >= 0.6 is 11.6 Å². The molecule has 0 aliphatic heterocycles.